The Morgan fingerprint density at radius 3 is 2.46 bits per heavy atom. The average Bonchev–Trinajstić information content (AvgIpc) is 3.16. The van der Waals surface area contributed by atoms with Crippen LogP contribution in [0.4, 0.5) is 0 Å². The molecular formula is C22H22ClNO2. The molecule has 2 bridgehead atoms. The van der Waals surface area contributed by atoms with Gasteiger partial charge in [0.1, 0.15) is 5.58 Å². The minimum atomic E-state index is -0.745. The SMILES string of the molecule is OC1(c2ccc(Cl)cc2)C[C@H]2CC[C@@H](C1)N2Cc1coc2ccccc12. The number of piperidine rings is 1. The van der Waals surface area contributed by atoms with Crippen LogP contribution >= 0.6 is 11.6 Å². The third kappa shape index (κ3) is 2.66. The Morgan fingerprint density at radius 2 is 1.73 bits per heavy atom. The zero-order valence-electron chi connectivity index (χ0n) is 14.6. The molecule has 0 radical (unpaired) electrons. The minimum Gasteiger partial charge on any atom is -0.464 e. The maximum absolute atomic E-state index is 11.3. The van der Waals surface area contributed by atoms with Crippen molar-refractivity contribution in [2.75, 3.05) is 0 Å². The Balaban J connectivity index is 1.40. The van der Waals surface area contributed by atoms with Gasteiger partial charge in [-0.25, -0.2) is 0 Å². The number of hydrogen-bond donors (Lipinski definition) is 1. The molecule has 3 aromatic rings. The van der Waals surface area contributed by atoms with Gasteiger partial charge in [0.05, 0.1) is 11.9 Å². The summed E-state index contributed by atoms with van der Waals surface area (Å²) in [6.45, 7) is 0.892. The van der Waals surface area contributed by atoms with E-state index in [1.54, 1.807) is 0 Å². The molecule has 2 aliphatic rings. The van der Waals surface area contributed by atoms with E-state index in [0.29, 0.717) is 17.1 Å². The zero-order valence-corrected chi connectivity index (χ0v) is 15.3. The Labute approximate surface area is 158 Å². The van der Waals surface area contributed by atoms with Crippen LogP contribution in [0.3, 0.4) is 0 Å². The first-order chi connectivity index (χ1) is 12.6. The van der Waals surface area contributed by atoms with Crippen molar-refractivity contribution >= 4 is 22.6 Å². The number of hydrogen-bond acceptors (Lipinski definition) is 3. The van der Waals surface area contributed by atoms with Crippen molar-refractivity contribution in [1.29, 1.82) is 0 Å². The summed E-state index contributed by atoms with van der Waals surface area (Å²) in [5.41, 5.74) is 2.44. The fraction of sp³-hybridized carbons (Fsp3) is 0.364. The largest absolute Gasteiger partial charge is 0.464 e. The lowest BCUT2D eigenvalue weighted by molar-refractivity contribution is -0.0594. The van der Waals surface area contributed by atoms with Gasteiger partial charge < -0.3 is 9.52 Å². The van der Waals surface area contributed by atoms with Gasteiger partial charge in [-0.05, 0) is 49.4 Å². The summed E-state index contributed by atoms with van der Waals surface area (Å²) in [5.74, 6) is 0. The first-order valence-electron chi connectivity index (χ1n) is 9.32. The minimum absolute atomic E-state index is 0.406. The molecular weight excluding hydrogens is 346 g/mol. The Hall–Kier alpha value is -1.81. The molecule has 2 saturated heterocycles. The highest BCUT2D eigenvalue weighted by Gasteiger charge is 2.48. The monoisotopic (exact) mass is 367 g/mol. The van der Waals surface area contributed by atoms with Gasteiger partial charge in [-0.15, -0.1) is 0 Å². The zero-order chi connectivity index (χ0) is 17.7. The summed E-state index contributed by atoms with van der Waals surface area (Å²) in [5, 5.41) is 13.3. The van der Waals surface area contributed by atoms with E-state index < -0.39 is 5.60 Å². The number of para-hydroxylation sites is 1. The first-order valence-corrected chi connectivity index (χ1v) is 9.69. The van der Waals surface area contributed by atoms with Crippen LogP contribution in [-0.2, 0) is 12.1 Å². The number of furan rings is 1. The average molecular weight is 368 g/mol. The highest BCUT2D eigenvalue weighted by atomic mass is 35.5. The molecule has 0 aliphatic carbocycles. The van der Waals surface area contributed by atoms with E-state index in [4.69, 9.17) is 16.0 Å². The lowest BCUT2D eigenvalue weighted by Crippen LogP contribution is -2.49. The van der Waals surface area contributed by atoms with Crippen LogP contribution in [0.15, 0.2) is 59.2 Å². The summed E-state index contributed by atoms with van der Waals surface area (Å²) in [4.78, 5) is 2.57. The standard InChI is InChI=1S/C22H22ClNO2/c23-17-7-5-16(6-8-17)22(25)11-18-9-10-19(12-22)24(18)13-15-14-26-21-4-2-1-3-20(15)21/h1-8,14,18-19,25H,9-13H2/t18-,19+,22?. The normalized spacial score (nSPS) is 28.7. The maximum atomic E-state index is 11.3. The van der Waals surface area contributed by atoms with Crippen LogP contribution in [0.5, 0.6) is 0 Å². The number of benzene rings is 2. The molecule has 2 aromatic carbocycles. The van der Waals surface area contributed by atoms with Crippen molar-refractivity contribution in [3.8, 4) is 0 Å². The third-order valence-electron chi connectivity index (χ3n) is 6.21. The summed E-state index contributed by atoms with van der Waals surface area (Å²) < 4.78 is 5.71. The van der Waals surface area contributed by atoms with Crippen LogP contribution in [-0.4, -0.2) is 22.1 Å². The molecule has 3 atom stereocenters. The topological polar surface area (TPSA) is 36.6 Å². The summed E-state index contributed by atoms with van der Waals surface area (Å²) in [7, 11) is 0. The summed E-state index contributed by atoms with van der Waals surface area (Å²) in [6, 6.07) is 16.7. The van der Waals surface area contributed by atoms with Crippen molar-refractivity contribution in [3.63, 3.8) is 0 Å². The van der Waals surface area contributed by atoms with Gasteiger partial charge in [0.15, 0.2) is 0 Å². The molecule has 134 valence electrons. The van der Waals surface area contributed by atoms with E-state index in [1.807, 2.05) is 42.7 Å². The highest BCUT2D eigenvalue weighted by Crippen LogP contribution is 2.46. The van der Waals surface area contributed by atoms with Crippen LogP contribution in [0.25, 0.3) is 11.0 Å². The highest BCUT2D eigenvalue weighted by molar-refractivity contribution is 6.30. The van der Waals surface area contributed by atoms with Crippen LogP contribution in [0.1, 0.15) is 36.8 Å². The van der Waals surface area contributed by atoms with Crippen molar-refractivity contribution in [3.05, 3.63) is 70.9 Å². The molecule has 1 unspecified atom stereocenters. The molecule has 26 heavy (non-hydrogen) atoms. The number of rotatable bonds is 3. The molecule has 1 N–H and O–H groups in total. The Kier molecular flexibility index (Phi) is 3.85. The molecule has 1 aromatic heterocycles. The molecule has 0 spiro atoms. The Bertz CT molecular complexity index is 919. The number of halogens is 1. The fourth-order valence-electron chi connectivity index (χ4n) is 4.92. The summed E-state index contributed by atoms with van der Waals surface area (Å²) >= 11 is 6.02. The van der Waals surface area contributed by atoms with E-state index in [1.165, 1.54) is 10.9 Å². The van der Waals surface area contributed by atoms with Crippen molar-refractivity contribution in [2.24, 2.45) is 0 Å². The van der Waals surface area contributed by atoms with E-state index >= 15 is 0 Å². The predicted octanol–water partition coefficient (Wildman–Crippen LogP) is 5.10. The van der Waals surface area contributed by atoms with E-state index in [9.17, 15) is 5.11 Å². The van der Waals surface area contributed by atoms with Crippen LogP contribution in [0.2, 0.25) is 5.02 Å². The van der Waals surface area contributed by atoms with Gasteiger partial charge in [0, 0.05) is 34.6 Å². The van der Waals surface area contributed by atoms with Crippen molar-refractivity contribution in [2.45, 2.75) is 49.9 Å². The second-order valence-electron chi connectivity index (χ2n) is 7.76. The van der Waals surface area contributed by atoms with Gasteiger partial charge >= 0.3 is 0 Å². The lowest BCUT2D eigenvalue weighted by Gasteiger charge is -2.44. The Morgan fingerprint density at radius 1 is 1.04 bits per heavy atom. The third-order valence-corrected chi connectivity index (χ3v) is 6.47. The van der Waals surface area contributed by atoms with Gasteiger partial charge in [-0.3, -0.25) is 4.90 Å². The molecule has 4 heteroatoms. The molecule has 0 saturated carbocycles. The maximum Gasteiger partial charge on any atom is 0.134 e. The van der Waals surface area contributed by atoms with E-state index in [0.717, 1.165) is 43.4 Å². The number of aliphatic hydroxyl groups is 1. The first kappa shape index (κ1) is 16.4. The number of nitrogens with zero attached hydrogens (tertiary/aromatic N) is 1. The second kappa shape index (κ2) is 6.12. The van der Waals surface area contributed by atoms with Gasteiger partial charge in [0.25, 0.3) is 0 Å². The summed E-state index contributed by atoms with van der Waals surface area (Å²) in [6.07, 6.45) is 5.75. The molecule has 2 aliphatic heterocycles. The molecule has 5 rings (SSSR count). The molecule has 3 heterocycles. The lowest BCUT2D eigenvalue weighted by atomic mass is 9.80. The predicted molar refractivity (Wildman–Crippen MR) is 103 cm³/mol. The fourth-order valence-corrected chi connectivity index (χ4v) is 5.05. The van der Waals surface area contributed by atoms with E-state index in [-0.39, 0.29) is 0 Å². The molecule has 0 amide bonds. The quantitative estimate of drug-likeness (QED) is 0.699. The van der Waals surface area contributed by atoms with Crippen LogP contribution < -0.4 is 0 Å². The smallest absolute Gasteiger partial charge is 0.134 e. The van der Waals surface area contributed by atoms with Gasteiger partial charge in [0.2, 0.25) is 0 Å². The molecule has 3 nitrogen and oxygen atoms in total. The van der Waals surface area contributed by atoms with Gasteiger partial charge in [-0.1, -0.05) is 41.9 Å². The molecule has 2 fully saturated rings. The van der Waals surface area contributed by atoms with Crippen molar-refractivity contribution < 1.29 is 9.52 Å². The van der Waals surface area contributed by atoms with Crippen LogP contribution in [0, 0.1) is 0 Å². The number of fused-ring (bicyclic) bond motifs is 3. The second-order valence-corrected chi connectivity index (χ2v) is 8.20. The van der Waals surface area contributed by atoms with E-state index in [2.05, 4.69) is 17.0 Å². The van der Waals surface area contributed by atoms with Crippen molar-refractivity contribution in [1.82, 2.24) is 4.90 Å². The van der Waals surface area contributed by atoms with Gasteiger partial charge in [-0.2, -0.15) is 0 Å².